The molecule has 732 valence electrons. The van der Waals surface area contributed by atoms with E-state index in [1.54, 1.807) is 72.8 Å². The van der Waals surface area contributed by atoms with Crippen LogP contribution < -0.4 is 9.80 Å². The van der Waals surface area contributed by atoms with Gasteiger partial charge in [0, 0.05) is 43.7 Å². The molecule has 2 aromatic heterocycles. The van der Waals surface area contributed by atoms with Crippen molar-refractivity contribution in [1.82, 2.24) is 9.13 Å². The number of hydrogen-bond acceptors (Lipinski definition) is 2. The highest BCUT2D eigenvalue weighted by Crippen LogP contribution is 2.64. The van der Waals surface area contributed by atoms with Gasteiger partial charge in [0.25, 0.3) is 0 Å². The largest absolute Gasteiger partial charge is 0.309 e. The van der Waals surface area contributed by atoms with E-state index in [1.807, 2.05) is 182 Å². The van der Waals surface area contributed by atoms with Gasteiger partial charge in [0.1, 0.15) is 11.4 Å². The van der Waals surface area contributed by atoms with Gasteiger partial charge in [-0.05, 0) is 196 Å². The van der Waals surface area contributed by atoms with Crippen LogP contribution in [0.2, 0.25) is 0 Å². The van der Waals surface area contributed by atoms with Crippen LogP contribution in [-0.4, -0.2) is 9.13 Å². The van der Waals surface area contributed by atoms with Crippen LogP contribution in [0.3, 0.4) is 0 Å². The number of aromatic nitrogens is 2. The van der Waals surface area contributed by atoms with Crippen molar-refractivity contribution in [2.75, 3.05) is 9.80 Å². The Labute approximate surface area is 845 Å². The molecule has 150 heavy (non-hydrogen) atoms. The zero-order valence-corrected chi connectivity index (χ0v) is 79.4. The predicted octanol–water partition coefficient (Wildman–Crippen LogP) is 35.7. The molecule has 0 N–H and O–H groups in total. The highest BCUT2D eigenvalue weighted by atomic mass is 19.2. The molecule has 22 aromatic rings. The summed E-state index contributed by atoms with van der Waals surface area (Å²) >= 11 is 0. The van der Waals surface area contributed by atoms with E-state index >= 15 is 52.7 Å². The highest BCUT2D eigenvalue weighted by Gasteiger charge is 2.52. The van der Waals surface area contributed by atoms with E-state index in [0.717, 1.165) is 98.2 Å². The van der Waals surface area contributed by atoms with E-state index in [0.29, 0.717) is 33.4 Å². The van der Waals surface area contributed by atoms with Crippen molar-refractivity contribution in [3.8, 4) is 78.1 Å². The summed E-state index contributed by atoms with van der Waals surface area (Å²) in [7, 11) is 0. The second kappa shape index (κ2) is 34.5. The molecule has 2 aliphatic carbocycles. The summed E-state index contributed by atoms with van der Waals surface area (Å²) in [5.74, 6) is -44.3. The van der Waals surface area contributed by atoms with E-state index < -0.39 is 149 Å². The first-order chi connectivity index (χ1) is 72.5. The average molecular weight is 2010 g/mol. The van der Waals surface area contributed by atoms with Gasteiger partial charge in [0.05, 0.1) is 77.9 Å². The molecule has 20 aromatic carbocycles. The SMILES string of the molecule is CC1(C)c2ccccc2-c2ccc(-c3ccc(C4(c5ccc(-c6ccc7c(c6)C(C)(C)c6ccccc6-7)cc5)c5ccccc5N(c5c(F)c(F)c(-c6c(F)c(F)c(F)c(F)c6F)c(F)c5F)c5ccccc54)cc3)cc21.Fc1c(F)c(F)c(-c2c(F)c(F)c(N3c4ccccc4C(c4ccc(-n5c6ccccc6c6ccccc65)cc4)(c4ccc(-n5c6ccccc6c6ccccc65)cc4)c4ccccc43)c(F)c2F)c(F)c1F. The molecule has 0 radical (unpaired) electrons. The maximum atomic E-state index is 17.0. The van der Waals surface area contributed by atoms with E-state index in [2.05, 4.69) is 134 Å². The maximum Gasteiger partial charge on any atom is 0.200 e. The van der Waals surface area contributed by atoms with Crippen molar-refractivity contribution in [2.24, 2.45) is 0 Å². The van der Waals surface area contributed by atoms with Crippen LogP contribution in [0.15, 0.2) is 376 Å². The molecular formula is C128H74F18N4. The first-order valence-corrected chi connectivity index (χ1v) is 48.1. The summed E-state index contributed by atoms with van der Waals surface area (Å²) in [6, 6.07) is 120. The van der Waals surface area contributed by atoms with Crippen molar-refractivity contribution in [2.45, 2.75) is 49.4 Å². The molecule has 0 bridgehead atoms. The van der Waals surface area contributed by atoms with Gasteiger partial charge in [-0.15, -0.1) is 0 Å². The molecular weight excluding hydrogens is 1940 g/mol. The number of para-hydroxylation sites is 8. The Morgan fingerprint density at radius 1 is 0.173 bits per heavy atom. The third kappa shape index (κ3) is 13.2. The smallest absolute Gasteiger partial charge is 0.200 e. The molecule has 26 rings (SSSR count). The van der Waals surface area contributed by atoms with E-state index in [-0.39, 0.29) is 33.6 Å². The second-order valence-electron chi connectivity index (χ2n) is 38.9. The minimum absolute atomic E-state index is 0.0553. The van der Waals surface area contributed by atoms with Gasteiger partial charge in [-0.25, -0.2) is 79.0 Å². The average Bonchev–Trinajstić information content (AvgIpc) is 1.68. The Morgan fingerprint density at radius 3 is 0.653 bits per heavy atom. The van der Waals surface area contributed by atoms with Crippen LogP contribution in [-0.2, 0) is 21.7 Å². The Balaban J connectivity index is 0.000000155. The van der Waals surface area contributed by atoms with Crippen LogP contribution in [0.25, 0.3) is 122 Å². The fourth-order valence-electron chi connectivity index (χ4n) is 24.0. The van der Waals surface area contributed by atoms with Crippen LogP contribution in [0.5, 0.6) is 0 Å². The standard InChI is InChI=1S/C67H42F9N.C61H32F9N3/c1-65(2)45-15-7-5-13-41(45)43-31-25-37(33-49(43)65)35-21-27-39(28-22-35)67(40-29-23-36(24-30-40)38-26-32-44-42-14-6-8-16-46(42)66(3,4)50(44)34-38)47-17-9-11-19-51(47)77(52-20-12-10-18-48(52)67)64-62(75)57(70)54(58(71)63(64)76)53-55(68)59(72)61(74)60(73)56(53)69;62-51-49(52(63)56(67)57(68)55(51)66)50-53(64)58(69)60(59(70)54(50)65)73-47-23-11-5-17-41(47)61(42-18-6-12-24-48(42)73,33-25-29-35(30-26-33)71-43-19-7-1-13-37(43)38-14-2-8-20-44(38)71)34-27-31-36(32-28-34)72-45-21-9-3-15-39(45)40-16-4-10-22-46(40)72/h5-34H,1-4H3;1-32H. The summed E-state index contributed by atoms with van der Waals surface area (Å²) in [4.78, 5) is 1.96. The number of rotatable bonds is 12. The zero-order chi connectivity index (χ0) is 104. The number of nitrogens with zero attached hydrogens (tertiary/aromatic N) is 4. The fourth-order valence-corrected chi connectivity index (χ4v) is 24.0. The van der Waals surface area contributed by atoms with Gasteiger partial charge in [0.2, 0.25) is 11.6 Å². The number of halogens is 18. The molecule has 2 aliphatic heterocycles. The van der Waals surface area contributed by atoms with E-state index in [9.17, 15) is 26.3 Å². The summed E-state index contributed by atoms with van der Waals surface area (Å²) in [6.45, 7) is 8.86. The number of fused-ring (bicyclic) bond motifs is 16. The topological polar surface area (TPSA) is 16.3 Å². The van der Waals surface area contributed by atoms with Gasteiger partial charge in [0.15, 0.2) is 93.1 Å². The first kappa shape index (κ1) is 93.4. The zero-order valence-electron chi connectivity index (χ0n) is 79.4. The first-order valence-electron chi connectivity index (χ1n) is 48.1. The van der Waals surface area contributed by atoms with Crippen LogP contribution in [0.4, 0.5) is 113 Å². The lowest BCUT2D eigenvalue weighted by atomic mass is 9.62. The van der Waals surface area contributed by atoms with Gasteiger partial charge < -0.3 is 18.9 Å². The minimum atomic E-state index is -2.64. The molecule has 4 heterocycles. The van der Waals surface area contributed by atoms with Crippen molar-refractivity contribution < 1.29 is 79.0 Å². The van der Waals surface area contributed by atoms with E-state index in [4.69, 9.17) is 0 Å². The van der Waals surface area contributed by atoms with Crippen molar-refractivity contribution in [3.05, 3.63) is 548 Å². The molecule has 22 heteroatoms. The van der Waals surface area contributed by atoms with Gasteiger partial charge >= 0.3 is 0 Å². The lowest BCUT2D eigenvalue weighted by molar-refractivity contribution is 0.379. The quantitative estimate of drug-likeness (QED) is 0.0689. The monoisotopic (exact) mass is 2010 g/mol. The Morgan fingerprint density at radius 2 is 0.380 bits per heavy atom. The van der Waals surface area contributed by atoms with Crippen molar-refractivity contribution in [1.29, 1.82) is 0 Å². The van der Waals surface area contributed by atoms with Crippen LogP contribution >= 0.6 is 0 Å². The maximum absolute atomic E-state index is 17.0. The number of anilines is 6. The summed E-state index contributed by atoms with van der Waals surface area (Å²) in [5.41, 5.74) is 9.36. The molecule has 0 saturated heterocycles. The predicted molar refractivity (Wildman–Crippen MR) is 551 cm³/mol. The number of hydrogen-bond donors (Lipinski definition) is 0. The van der Waals surface area contributed by atoms with Crippen molar-refractivity contribution >= 4 is 77.7 Å². The van der Waals surface area contributed by atoms with Gasteiger partial charge in [-0.1, -0.05) is 319 Å². The fraction of sp³-hybridized carbons (Fsp3) is 0.0625. The normalized spacial score (nSPS) is 14.0. The Hall–Kier alpha value is -17.7. The third-order valence-electron chi connectivity index (χ3n) is 30.8. The van der Waals surface area contributed by atoms with Crippen LogP contribution in [0, 0.1) is 105 Å². The molecule has 0 atom stereocenters. The van der Waals surface area contributed by atoms with Gasteiger partial charge in [-0.3, -0.25) is 0 Å². The lowest BCUT2D eigenvalue weighted by Gasteiger charge is -2.46. The molecule has 0 unspecified atom stereocenters. The molecule has 0 fully saturated rings. The lowest BCUT2D eigenvalue weighted by Crippen LogP contribution is -2.38. The molecule has 0 spiro atoms. The van der Waals surface area contributed by atoms with E-state index in [1.165, 1.54) is 68.8 Å². The molecule has 4 nitrogen and oxygen atoms in total. The summed E-state index contributed by atoms with van der Waals surface area (Å²) in [6.07, 6.45) is 0. The summed E-state index contributed by atoms with van der Waals surface area (Å²) in [5, 5.41) is 4.24. The molecule has 0 saturated carbocycles. The second-order valence-corrected chi connectivity index (χ2v) is 38.9. The summed E-state index contributed by atoms with van der Waals surface area (Å²) < 4.78 is 285. The number of benzene rings is 20. The van der Waals surface area contributed by atoms with Gasteiger partial charge in [-0.2, -0.15) is 0 Å². The Bertz CT molecular complexity index is 8890. The third-order valence-corrected chi connectivity index (χ3v) is 30.8. The molecule has 0 amide bonds. The Kier molecular flexibility index (Phi) is 21.5. The highest BCUT2D eigenvalue weighted by molar-refractivity contribution is 6.11. The minimum Gasteiger partial charge on any atom is -0.309 e. The molecule has 4 aliphatic rings. The van der Waals surface area contributed by atoms with Crippen molar-refractivity contribution in [3.63, 3.8) is 0 Å². The van der Waals surface area contributed by atoms with Crippen LogP contribution in [0.1, 0.15) is 94.5 Å².